The number of carbonyl (C=O) groups excluding carboxylic acids is 1. The molecular weight excluding hydrogens is 242 g/mol. The van der Waals surface area contributed by atoms with Gasteiger partial charge in [-0.05, 0) is 6.07 Å². The monoisotopic (exact) mass is 255 g/mol. The standard InChI is InChI=1S/C14H13N3O2/c18-14(16-6-5-10-7-15-9-17-10)12-8-19-13-4-2-1-3-11(12)13/h1-4,7-9H,5-6H2,(H,15,17)(H,16,18). The van der Waals surface area contributed by atoms with E-state index in [-0.39, 0.29) is 5.91 Å². The smallest absolute Gasteiger partial charge is 0.255 e. The molecule has 0 aliphatic heterocycles. The second kappa shape index (κ2) is 4.97. The van der Waals surface area contributed by atoms with Crippen LogP contribution < -0.4 is 5.32 Å². The predicted octanol–water partition coefficient (Wildman–Crippen LogP) is 2.13. The number of para-hydroxylation sites is 1. The van der Waals surface area contributed by atoms with Gasteiger partial charge in [0.15, 0.2) is 0 Å². The quantitative estimate of drug-likeness (QED) is 0.750. The molecule has 0 aliphatic rings. The van der Waals surface area contributed by atoms with E-state index in [9.17, 15) is 4.79 Å². The third-order valence-corrected chi connectivity index (χ3v) is 2.96. The molecule has 1 aromatic carbocycles. The van der Waals surface area contributed by atoms with Gasteiger partial charge in [-0.1, -0.05) is 18.2 Å². The third-order valence-electron chi connectivity index (χ3n) is 2.96. The maximum Gasteiger partial charge on any atom is 0.255 e. The Bertz CT molecular complexity index is 686. The molecule has 1 amide bonds. The number of imidazole rings is 1. The molecule has 2 aromatic heterocycles. The summed E-state index contributed by atoms with van der Waals surface area (Å²) in [5.74, 6) is -0.121. The van der Waals surface area contributed by atoms with Crippen LogP contribution in [-0.2, 0) is 6.42 Å². The SMILES string of the molecule is O=C(NCCc1cnc[nH]1)c1coc2ccccc12. The first kappa shape index (κ1) is 11.5. The highest BCUT2D eigenvalue weighted by molar-refractivity contribution is 6.05. The molecule has 5 heteroatoms. The Morgan fingerprint density at radius 3 is 3.11 bits per heavy atom. The number of hydrogen-bond donors (Lipinski definition) is 2. The number of carbonyl (C=O) groups is 1. The maximum atomic E-state index is 12.1. The largest absolute Gasteiger partial charge is 0.463 e. The molecule has 0 bridgehead atoms. The highest BCUT2D eigenvalue weighted by Gasteiger charge is 2.12. The van der Waals surface area contributed by atoms with E-state index < -0.39 is 0 Å². The van der Waals surface area contributed by atoms with Crippen LogP contribution in [-0.4, -0.2) is 22.4 Å². The Morgan fingerprint density at radius 2 is 2.26 bits per heavy atom. The summed E-state index contributed by atoms with van der Waals surface area (Å²) in [6.45, 7) is 0.556. The van der Waals surface area contributed by atoms with E-state index >= 15 is 0 Å². The zero-order chi connectivity index (χ0) is 13.1. The molecule has 0 saturated carbocycles. The number of nitrogens with one attached hydrogen (secondary N) is 2. The van der Waals surface area contributed by atoms with Gasteiger partial charge < -0.3 is 14.7 Å². The number of fused-ring (bicyclic) bond motifs is 1. The molecule has 2 heterocycles. The summed E-state index contributed by atoms with van der Waals surface area (Å²) in [5.41, 5.74) is 2.29. The van der Waals surface area contributed by atoms with E-state index in [0.717, 1.165) is 23.1 Å². The van der Waals surface area contributed by atoms with Gasteiger partial charge in [-0.2, -0.15) is 0 Å². The Labute approximate surface area is 109 Å². The molecule has 3 aromatic rings. The number of H-pyrrole nitrogens is 1. The number of aromatic amines is 1. The average Bonchev–Trinajstić information content (AvgIpc) is 3.07. The molecule has 19 heavy (non-hydrogen) atoms. The minimum atomic E-state index is -0.121. The molecule has 0 aliphatic carbocycles. The van der Waals surface area contributed by atoms with E-state index in [2.05, 4.69) is 15.3 Å². The van der Waals surface area contributed by atoms with Gasteiger partial charge in [-0.3, -0.25) is 4.79 Å². The molecule has 0 spiro atoms. The van der Waals surface area contributed by atoms with Crippen molar-refractivity contribution >= 4 is 16.9 Å². The number of hydrogen-bond acceptors (Lipinski definition) is 3. The lowest BCUT2D eigenvalue weighted by Gasteiger charge is -2.02. The van der Waals surface area contributed by atoms with Crippen molar-refractivity contribution < 1.29 is 9.21 Å². The van der Waals surface area contributed by atoms with Crippen LogP contribution in [0.5, 0.6) is 0 Å². The normalized spacial score (nSPS) is 10.7. The van der Waals surface area contributed by atoms with Crippen LogP contribution in [0.1, 0.15) is 16.1 Å². The van der Waals surface area contributed by atoms with Gasteiger partial charge in [0.25, 0.3) is 5.91 Å². The number of aromatic nitrogens is 2. The molecule has 3 rings (SSSR count). The molecule has 2 N–H and O–H groups in total. The predicted molar refractivity (Wildman–Crippen MR) is 70.8 cm³/mol. The minimum Gasteiger partial charge on any atom is -0.463 e. The highest BCUT2D eigenvalue weighted by atomic mass is 16.3. The number of benzene rings is 1. The Morgan fingerprint density at radius 1 is 1.37 bits per heavy atom. The van der Waals surface area contributed by atoms with E-state index in [0.29, 0.717) is 12.1 Å². The van der Waals surface area contributed by atoms with Crippen LogP contribution >= 0.6 is 0 Å². The number of rotatable bonds is 4. The second-order valence-electron chi connectivity index (χ2n) is 4.23. The van der Waals surface area contributed by atoms with Crippen molar-refractivity contribution in [3.63, 3.8) is 0 Å². The summed E-state index contributed by atoms with van der Waals surface area (Å²) in [5, 5.41) is 3.70. The second-order valence-corrected chi connectivity index (χ2v) is 4.23. The maximum absolute atomic E-state index is 12.1. The molecule has 0 saturated heterocycles. The Kier molecular flexibility index (Phi) is 3.02. The van der Waals surface area contributed by atoms with Crippen molar-refractivity contribution in [2.75, 3.05) is 6.54 Å². The zero-order valence-electron chi connectivity index (χ0n) is 10.2. The fraction of sp³-hybridized carbons (Fsp3) is 0.143. The van der Waals surface area contributed by atoms with E-state index in [4.69, 9.17) is 4.42 Å². The van der Waals surface area contributed by atoms with Crippen LogP contribution in [0.3, 0.4) is 0 Å². The minimum absolute atomic E-state index is 0.121. The first-order valence-electron chi connectivity index (χ1n) is 6.06. The van der Waals surface area contributed by atoms with E-state index in [1.165, 1.54) is 6.26 Å². The van der Waals surface area contributed by atoms with Crippen molar-refractivity contribution in [2.45, 2.75) is 6.42 Å². The van der Waals surface area contributed by atoms with Gasteiger partial charge in [0, 0.05) is 30.2 Å². The first-order valence-corrected chi connectivity index (χ1v) is 6.06. The number of nitrogens with zero attached hydrogens (tertiary/aromatic N) is 1. The molecule has 5 nitrogen and oxygen atoms in total. The molecule has 0 fully saturated rings. The van der Waals surface area contributed by atoms with Crippen molar-refractivity contribution in [3.05, 3.63) is 54.3 Å². The third kappa shape index (κ3) is 2.35. The molecule has 96 valence electrons. The zero-order valence-corrected chi connectivity index (χ0v) is 10.2. The topological polar surface area (TPSA) is 70.9 Å². The van der Waals surface area contributed by atoms with Crippen LogP contribution in [0.15, 0.2) is 47.5 Å². The van der Waals surface area contributed by atoms with Crippen molar-refractivity contribution in [1.29, 1.82) is 0 Å². The lowest BCUT2D eigenvalue weighted by Crippen LogP contribution is -2.25. The lowest BCUT2D eigenvalue weighted by molar-refractivity contribution is 0.0955. The van der Waals surface area contributed by atoms with Crippen LogP contribution in [0, 0.1) is 0 Å². The first-order chi connectivity index (χ1) is 9.34. The van der Waals surface area contributed by atoms with E-state index in [1.807, 2.05) is 24.3 Å². The van der Waals surface area contributed by atoms with Gasteiger partial charge in [0.1, 0.15) is 11.8 Å². The lowest BCUT2D eigenvalue weighted by atomic mass is 10.1. The van der Waals surface area contributed by atoms with Crippen LogP contribution in [0.2, 0.25) is 0 Å². The summed E-state index contributed by atoms with van der Waals surface area (Å²) >= 11 is 0. The van der Waals surface area contributed by atoms with E-state index in [1.54, 1.807) is 12.5 Å². The molecule has 0 radical (unpaired) electrons. The van der Waals surface area contributed by atoms with Gasteiger partial charge in [-0.15, -0.1) is 0 Å². The van der Waals surface area contributed by atoms with Gasteiger partial charge in [0.05, 0.1) is 11.9 Å². The Balaban J connectivity index is 1.67. The summed E-state index contributed by atoms with van der Waals surface area (Å²) in [6, 6.07) is 7.49. The fourth-order valence-corrected chi connectivity index (χ4v) is 1.98. The van der Waals surface area contributed by atoms with Crippen molar-refractivity contribution in [2.24, 2.45) is 0 Å². The fourth-order valence-electron chi connectivity index (χ4n) is 1.98. The number of amides is 1. The average molecular weight is 255 g/mol. The summed E-state index contributed by atoms with van der Waals surface area (Å²) in [6.07, 6.45) is 5.60. The van der Waals surface area contributed by atoms with Crippen molar-refractivity contribution in [3.8, 4) is 0 Å². The highest BCUT2D eigenvalue weighted by Crippen LogP contribution is 2.20. The molecular formula is C14H13N3O2. The molecule has 0 unspecified atom stereocenters. The number of furan rings is 1. The van der Waals surface area contributed by atoms with Gasteiger partial charge in [-0.25, -0.2) is 4.98 Å². The summed E-state index contributed by atoms with van der Waals surface area (Å²) in [7, 11) is 0. The van der Waals surface area contributed by atoms with Gasteiger partial charge in [0.2, 0.25) is 0 Å². The van der Waals surface area contributed by atoms with Gasteiger partial charge >= 0.3 is 0 Å². The van der Waals surface area contributed by atoms with Crippen LogP contribution in [0.4, 0.5) is 0 Å². The molecule has 0 atom stereocenters. The summed E-state index contributed by atoms with van der Waals surface area (Å²) in [4.78, 5) is 19.0. The van der Waals surface area contributed by atoms with Crippen molar-refractivity contribution in [1.82, 2.24) is 15.3 Å². The Hall–Kier alpha value is -2.56. The summed E-state index contributed by atoms with van der Waals surface area (Å²) < 4.78 is 5.35. The van der Waals surface area contributed by atoms with Crippen LogP contribution in [0.25, 0.3) is 11.0 Å².